The van der Waals surface area contributed by atoms with Crippen LogP contribution < -0.4 is 9.80 Å². The van der Waals surface area contributed by atoms with Gasteiger partial charge in [0.1, 0.15) is 11.4 Å². The van der Waals surface area contributed by atoms with E-state index >= 15 is 4.79 Å². The maximum absolute atomic E-state index is 15.7. The van der Waals surface area contributed by atoms with Crippen LogP contribution in [-0.2, 0) is 22.3 Å². The molecule has 0 saturated carbocycles. The highest BCUT2D eigenvalue weighted by atomic mass is 16.5. The molecule has 2 fully saturated rings. The molecule has 0 bridgehead atoms. The number of aryl methyl sites for hydroxylation is 4. The maximum Gasteiger partial charge on any atom is 0.197 e. The lowest BCUT2D eigenvalue weighted by Crippen LogP contribution is -2.48. The first-order valence-corrected chi connectivity index (χ1v) is 21.5. The number of benzene rings is 4. The van der Waals surface area contributed by atoms with E-state index < -0.39 is 0 Å². The molecular weight excluding hydrogens is 809 g/mol. The van der Waals surface area contributed by atoms with E-state index in [0.717, 1.165) is 56.1 Å². The Kier molecular flexibility index (Phi) is 11.1. The number of rotatable bonds is 12. The maximum atomic E-state index is 15.7. The number of aromatic nitrogens is 12. The van der Waals surface area contributed by atoms with Crippen LogP contribution in [0.1, 0.15) is 49.3 Å². The van der Waals surface area contributed by atoms with Gasteiger partial charge in [-0.2, -0.15) is 50.4 Å². The van der Waals surface area contributed by atoms with E-state index in [1.54, 1.807) is 68.8 Å². The average molecular weight is 857 g/mol. The van der Waals surface area contributed by atoms with Crippen molar-refractivity contribution >= 4 is 17.2 Å². The van der Waals surface area contributed by atoms with Gasteiger partial charge in [-0.05, 0) is 110 Å². The van der Waals surface area contributed by atoms with E-state index in [2.05, 4.69) is 103 Å². The zero-order chi connectivity index (χ0) is 43.7. The van der Waals surface area contributed by atoms with Crippen LogP contribution in [0.4, 0.5) is 11.4 Å². The quantitative estimate of drug-likeness (QED) is 0.144. The summed E-state index contributed by atoms with van der Waals surface area (Å²) in [4.78, 5) is 26.8. The topological polar surface area (TPSA) is 165 Å². The Labute approximate surface area is 369 Å². The van der Waals surface area contributed by atoms with Crippen molar-refractivity contribution < 1.29 is 14.3 Å². The number of anilines is 2. The van der Waals surface area contributed by atoms with Gasteiger partial charge in [-0.1, -0.05) is 24.3 Å². The lowest BCUT2D eigenvalue weighted by molar-refractivity contribution is 0.0939. The standard InChI is InChI=1S/C47H48N14O3/c1-31-5-9-37(58-48-13-14-49-58)25-35(31)27-39-29-63-23-21-56(39)43-33(3)7-11-41(45(43)60-52-17-18-53-60)47(62)42-12-8-34(4)44(46(42)61-54-19-20-55-61)57-22-24-64-30-40(57)28-36-26-38(10-6-32(36)2)59-50-15-16-51-59/h5-20,25-26,39-40H,21-24,27-30H2,1-4H3/t39-,40-/m1/s1. The Morgan fingerprint density at radius 2 is 0.844 bits per heavy atom. The molecule has 17 nitrogen and oxygen atoms in total. The third-order valence-electron chi connectivity index (χ3n) is 12.3. The van der Waals surface area contributed by atoms with Gasteiger partial charge in [-0.3, -0.25) is 4.79 Å². The third kappa shape index (κ3) is 7.72. The van der Waals surface area contributed by atoms with Gasteiger partial charge in [0.25, 0.3) is 0 Å². The largest absolute Gasteiger partial charge is 0.377 e. The molecule has 0 unspecified atom stereocenters. The van der Waals surface area contributed by atoms with E-state index in [-0.39, 0.29) is 17.9 Å². The molecule has 4 aromatic carbocycles. The Bertz CT molecular complexity index is 2700. The summed E-state index contributed by atoms with van der Waals surface area (Å²) in [7, 11) is 0. The Morgan fingerprint density at radius 1 is 0.484 bits per heavy atom. The van der Waals surface area contributed by atoms with Crippen molar-refractivity contribution in [3.63, 3.8) is 0 Å². The monoisotopic (exact) mass is 856 g/mol. The van der Waals surface area contributed by atoms with E-state index in [1.807, 2.05) is 36.4 Å². The summed E-state index contributed by atoms with van der Waals surface area (Å²) in [5.74, 6) is -0.206. The fourth-order valence-electron chi connectivity index (χ4n) is 9.11. The predicted molar refractivity (Wildman–Crippen MR) is 239 cm³/mol. The number of ketones is 1. The molecule has 64 heavy (non-hydrogen) atoms. The molecule has 2 aliphatic rings. The second-order valence-corrected chi connectivity index (χ2v) is 16.3. The van der Waals surface area contributed by atoms with Gasteiger partial charge in [0, 0.05) is 13.1 Å². The van der Waals surface area contributed by atoms with Gasteiger partial charge in [-0.15, -0.1) is 9.59 Å². The first-order chi connectivity index (χ1) is 31.3. The zero-order valence-electron chi connectivity index (χ0n) is 36.2. The third-order valence-corrected chi connectivity index (χ3v) is 12.3. The van der Waals surface area contributed by atoms with E-state index in [4.69, 9.17) is 9.47 Å². The molecular formula is C47H48N14O3. The Hall–Kier alpha value is -7.37. The van der Waals surface area contributed by atoms with E-state index in [9.17, 15) is 0 Å². The summed E-state index contributed by atoms with van der Waals surface area (Å²) >= 11 is 0. The summed E-state index contributed by atoms with van der Waals surface area (Å²) in [6.45, 7) is 11.6. The van der Waals surface area contributed by atoms with Gasteiger partial charge >= 0.3 is 0 Å². The van der Waals surface area contributed by atoms with E-state index in [0.29, 0.717) is 74.9 Å². The van der Waals surface area contributed by atoms with Crippen molar-refractivity contribution in [3.05, 3.63) is 155 Å². The molecule has 17 heteroatoms. The van der Waals surface area contributed by atoms with Crippen LogP contribution in [0.2, 0.25) is 0 Å². The highest BCUT2D eigenvalue weighted by Gasteiger charge is 2.34. The molecule has 0 N–H and O–H groups in total. The van der Waals surface area contributed by atoms with Gasteiger partial charge in [0.15, 0.2) is 5.78 Å². The molecule has 2 saturated heterocycles. The van der Waals surface area contributed by atoms with Gasteiger partial charge < -0.3 is 19.3 Å². The minimum Gasteiger partial charge on any atom is -0.377 e. The van der Waals surface area contributed by atoms with Crippen molar-refractivity contribution in [3.8, 4) is 22.7 Å². The van der Waals surface area contributed by atoms with Gasteiger partial charge in [-0.25, -0.2) is 0 Å². The first kappa shape index (κ1) is 40.7. The number of hydrogen-bond acceptors (Lipinski definition) is 13. The van der Waals surface area contributed by atoms with Crippen LogP contribution in [0, 0.1) is 27.7 Å². The van der Waals surface area contributed by atoms with Crippen molar-refractivity contribution in [2.45, 2.75) is 52.6 Å². The van der Waals surface area contributed by atoms with Crippen LogP contribution in [0.3, 0.4) is 0 Å². The summed E-state index contributed by atoms with van der Waals surface area (Å²) < 4.78 is 12.3. The highest BCUT2D eigenvalue weighted by molar-refractivity contribution is 6.15. The van der Waals surface area contributed by atoms with Crippen LogP contribution in [-0.4, -0.2) is 117 Å². The summed E-state index contributed by atoms with van der Waals surface area (Å²) in [5, 5.41) is 36.1. The summed E-state index contributed by atoms with van der Waals surface area (Å²) in [6.07, 6.45) is 14.6. The minimum absolute atomic E-state index is 0.0696. The number of carbonyl (C=O) groups is 1. The number of morpholine rings is 2. The molecule has 10 rings (SSSR count). The predicted octanol–water partition coefficient (Wildman–Crippen LogP) is 5.37. The lowest BCUT2D eigenvalue weighted by atomic mass is 9.93. The van der Waals surface area contributed by atoms with Crippen molar-refractivity contribution in [1.82, 2.24) is 60.0 Å². The second kappa shape index (κ2) is 17.4. The summed E-state index contributed by atoms with van der Waals surface area (Å²) in [5.41, 5.74) is 12.2. The molecule has 2 aliphatic heterocycles. The van der Waals surface area contributed by atoms with Crippen molar-refractivity contribution in [2.75, 3.05) is 49.3 Å². The number of ether oxygens (including phenoxy) is 2. The van der Waals surface area contributed by atoms with Gasteiger partial charge in [0.2, 0.25) is 0 Å². The normalized spacial score (nSPS) is 16.7. The molecule has 6 heterocycles. The molecule has 4 aromatic heterocycles. The van der Waals surface area contributed by atoms with Crippen LogP contribution in [0.5, 0.6) is 0 Å². The molecule has 324 valence electrons. The number of nitrogens with zero attached hydrogens (tertiary/aromatic N) is 14. The average Bonchev–Trinajstić information content (AvgIpc) is 4.18. The number of hydrogen-bond donors (Lipinski definition) is 0. The molecule has 0 spiro atoms. The SMILES string of the molecule is Cc1ccc(-n2nccn2)cc1C[C@@H]1COCCN1c1c(C)ccc(C(=O)c2ccc(C)c(N3CCOC[C@H]3Cc3cc(-n4nccn4)ccc3C)c2-n2nccn2)c1-n1nccn1. The van der Waals surface area contributed by atoms with Crippen molar-refractivity contribution in [2.24, 2.45) is 0 Å². The fourth-order valence-corrected chi connectivity index (χ4v) is 9.11. The summed E-state index contributed by atoms with van der Waals surface area (Å²) in [6, 6.07) is 20.2. The van der Waals surface area contributed by atoms with Crippen LogP contribution in [0.15, 0.2) is 110 Å². The fraction of sp³-hybridized carbons (Fsp3) is 0.298. The Balaban J connectivity index is 1.06. The number of carbonyl (C=O) groups excluding carboxylic acids is 1. The van der Waals surface area contributed by atoms with E-state index in [1.165, 1.54) is 0 Å². The minimum atomic E-state index is -0.206. The first-order valence-electron chi connectivity index (χ1n) is 21.5. The van der Waals surface area contributed by atoms with Crippen LogP contribution in [0.25, 0.3) is 22.7 Å². The zero-order valence-corrected chi connectivity index (χ0v) is 36.2. The lowest BCUT2D eigenvalue weighted by Gasteiger charge is -2.40. The van der Waals surface area contributed by atoms with Crippen LogP contribution >= 0.6 is 0 Å². The highest BCUT2D eigenvalue weighted by Crippen LogP contribution is 2.39. The van der Waals surface area contributed by atoms with Gasteiger partial charge in [0.05, 0.1) is 122 Å². The smallest absolute Gasteiger partial charge is 0.197 e. The molecule has 2 atom stereocenters. The molecule has 0 aliphatic carbocycles. The molecule has 8 aromatic rings. The second-order valence-electron chi connectivity index (χ2n) is 16.3. The molecule has 0 amide bonds. The van der Waals surface area contributed by atoms with Crippen molar-refractivity contribution in [1.29, 1.82) is 0 Å². The Morgan fingerprint density at radius 3 is 1.23 bits per heavy atom. The molecule has 0 radical (unpaired) electrons.